The number of aromatic nitrogens is 2. The zero-order valence-corrected chi connectivity index (χ0v) is 17.5. The number of aryl methyl sites for hydroxylation is 1. The fourth-order valence-corrected chi connectivity index (χ4v) is 3.76. The Kier molecular flexibility index (Phi) is 5.89. The summed E-state index contributed by atoms with van der Waals surface area (Å²) in [5.41, 5.74) is 1.38. The standard InChI is InChI=1S/C23H21F2N3O4/c1-27-19(12-18(26-27)14-7-9-15(24)10-8-14)22(29)28-13-16(11-20(28)23(30)31-2)32-21-6-4-3-5-17(21)25/h3-10,12,16,20H,11,13H2,1-2H3. The summed E-state index contributed by atoms with van der Waals surface area (Å²) >= 11 is 0. The Morgan fingerprint density at radius 1 is 1.09 bits per heavy atom. The largest absolute Gasteiger partial charge is 0.485 e. The van der Waals surface area contributed by atoms with Crippen molar-refractivity contribution >= 4 is 11.9 Å². The van der Waals surface area contributed by atoms with Gasteiger partial charge in [0.2, 0.25) is 0 Å². The number of carbonyl (C=O) groups is 2. The number of benzene rings is 2. The van der Waals surface area contributed by atoms with Crippen molar-refractivity contribution < 1.29 is 27.8 Å². The Balaban J connectivity index is 1.59. The van der Waals surface area contributed by atoms with Crippen molar-refractivity contribution in [2.75, 3.05) is 13.7 Å². The van der Waals surface area contributed by atoms with Crippen LogP contribution in [0.2, 0.25) is 0 Å². The third kappa shape index (κ3) is 4.18. The van der Waals surface area contributed by atoms with Crippen LogP contribution in [0.4, 0.5) is 8.78 Å². The summed E-state index contributed by atoms with van der Waals surface area (Å²) in [5.74, 6) is -1.88. The fourth-order valence-electron chi connectivity index (χ4n) is 3.76. The summed E-state index contributed by atoms with van der Waals surface area (Å²) in [6.07, 6.45) is -0.431. The number of hydrogen-bond acceptors (Lipinski definition) is 5. The van der Waals surface area contributed by atoms with E-state index in [2.05, 4.69) is 5.10 Å². The number of para-hydroxylation sites is 1. The first-order chi connectivity index (χ1) is 15.4. The zero-order chi connectivity index (χ0) is 22.8. The second-order valence-corrected chi connectivity index (χ2v) is 7.45. The van der Waals surface area contributed by atoms with Gasteiger partial charge in [-0.25, -0.2) is 13.6 Å². The molecule has 1 fully saturated rings. The Hall–Kier alpha value is -3.75. The maximum atomic E-state index is 14.0. The molecule has 2 atom stereocenters. The van der Waals surface area contributed by atoms with Crippen LogP contribution in [-0.4, -0.2) is 52.4 Å². The first-order valence-corrected chi connectivity index (χ1v) is 9.97. The van der Waals surface area contributed by atoms with Crippen molar-refractivity contribution in [3.63, 3.8) is 0 Å². The number of likely N-dealkylation sites (tertiary alicyclic amines) is 1. The zero-order valence-electron chi connectivity index (χ0n) is 17.5. The van der Waals surface area contributed by atoms with E-state index < -0.39 is 29.8 Å². The molecule has 0 bridgehead atoms. The molecule has 2 heterocycles. The van der Waals surface area contributed by atoms with Crippen molar-refractivity contribution in [1.29, 1.82) is 0 Å². The summed E-state index contributed by atoms with van der Waals surface area (Å²) in [6, 6.07) is 12.4. The number of ether oxygens (including phenoxy) is 2. The molecular formula is C23H21F2N3O4. The van der Waals surface area contributed by atoms with Gasteiger partial charge in [-0.2, -0.15) is 5.10 Å². The van der Waals surface area contributed by atoms with Crippen molar-refractivity contribution in [3.8, 4) is 17.0 Å². The number of esters is 1. The summed E-state index contributed by atoms with van der Waals surface area (Å²) in [5, 5.41) is 4.34. The van der Waals surface area contributed by atoms with E-state index in [9.17, 15) is 18.4 Å². The van der Waals surface area contributed by atoms with Crippen molar-refractivity contribution in [2.45, 2.75) is 18.6 Å². The summed E-state index contributed by atoms with van der Waals surface area (Å²) in [7, 11) is 2.85. The molecule has 0 spiro atoms. The van der Waals surface area contributed by atoms with Crippen LogP contribution in [0.5, 0.6) is 5.75 Å². The molecule has 3 aromatic rings. The molecule has 0 saturated carbocycles. The topological polar surface area (TPSA) is 73.7 Å². The first kappa shape index (κ1) is 21.5. The monoisotopic (exact) mass is 441 g/mol. The van der Waals surface area contributed by atoms with Gasteiger partial charge in [-0.3, -0.25) is 9.48 Å². The number of rotatable bonds is 5. The summed E-state index contributed by atoms with van der Waals surface area (Å²) in [4.78, 5) is 27.0. The highest BCUT2D eigenvalue weighted by molar-refractivity contribution is 5.96. The lowest BCUT2D eigenvalue weighted by Gasteiger charge is -2.22. The first-order valence-electron chi connectivity index (χ1n) is 9.97. The Labute approximate surface area is 183 Å². The van der Waals surface area contributed by atoms with Crippen molar-refractivity contribution in [2.24, 2.45) is 7.05 Å². The molecule has 1 aliphatic rings. The minimum absolute atomic E-state index is 0.0505. The number of nitrogens with zero attached hydrogens (tertiary/aromatic N) is 3. The number of carbonyl (C=O) groups excluding carboxylic acids is 2. The molecule has 1 aromatic heterocycles. The van der Waals surface area contributed by atoms with Crippen LogP contribution in [0, 0.1) is 11.6 Å². The molecule has 0 radical (unpaired) electrons. The van der Waals surface area contributed by atoms with Gasteiger partial charge in [0.05, 0.1) is 19.3 Å². The number of halogens is 2. The molecule has 1 aliphatic heterocycles. The average molecular weight is 441 g/mol. The van der Waals surface area contributed by atoms with Crippen LogP contribution < -0.4 is 4.74 Å². The molecule has 2 unspecified atom stereocenters. The molecule has 1 amide bonds. The smallest absolute Gasteiger partial charge is 0.328 e. The Morgan fingerprint density at radius 2 is 1.81 bits per heavy atom. The predicted molar refractivity (Wildman–Crippen MR) is 111 cm³/mol. The van der Waals surface area contributed by atoms with Crippen molar-refractivity contribution in [3.05, 3.63) is 71.9 Å². The number of hydrogen-bond donors (Lipinski definition) is 0. The van der Waals surface area contributed by atoms with E-state index in [0.717, 1.165) is 0 Å². The second kappa shape index (κ2) is 8.78. The van der Waals surface area contributed by atoms with Crippen LogP contribution >= 0.6 is 0 Å². The molecule has 1 saturated heterocycles. The summed E-state index contributed by atoms with van der Waals surface area (Å²) < 4.78 is 39.2. The van der Waals surface area contributed by atoms with E-state index in [-0.39, 0.29) is 30.2 Å². The Bertz CT molecular complexity index is 1150. The Morgan fingerprint density at radius 3 is 2.50 bits per heavy atom. The second-order valence-electron chi connectivity index (χ2n) is 7.45. The average Bonchev–Trinajstić information content (AvgIpc) is 3.39. The lowest BCUT2D eigenvalue weighted by atomic mass is 10.1. The van der Waals surface area contributed by atoms with E-state index in [1.807, 2.05) is 0 Å². The summed E-state index contributed by atoms with van der Waals surface area (Å²) in [6.45, 7) is 0.0734. The van der Waals surface area contributed by atoms with Crippen LogP contribution in [0.15, 0.2) is 54.6 Å². The minimum Gasteiger partial charge on any atom is -0.485 e. The molecule has 0 aliphatic carbocycles. The van der Waals surface area contributed by atoms with Gasteiger partial charge >= 0.3 is 5.97 Å². The molecular weight excluding hydrogens is 420 g/mol. The fraction of sp³-hybridized carbons (Fsp3) is 0.261. The lowest BCUT2D eigenvalue weighted by Crippen LogP contribution is -2.42. The van der Waals surface area contributed by atoms with E-state index in [4.69, 9.17) is 9.47 Å². The van der Waals surface area contributed by atoms with Gasteiger partial charge in [-0.05, 0) is 42.5 Å². The van der Waals surface area contributed by atoms with Gasteiger partial charge in [0.1, 0.15) is 23.7 Å². The highest BCUT2D eigenvalue weighted by atomic mass is 19.1. The van der Waals surface area contributed by atoms with Gasteiger partial charge in [-0.1, -0.05) is 12.1 Å². The van der Waals surface area contributed by atoms with Gasteiger partial charge in [0.15, 0.2) is 11.6 Å². The highest BCUT2D eigenvalue weighted by Gasteiger charge is 2.42. The number of methoxy groups -OCH3 is 1. The van der Waals surface area contributed by atoms with Crippen LogP contribution in [0.25, 0.3) is 11.3 Å². The van der Waals surface area contributed by atoms with Crippen molar-refractivity contribution in [1.82, 2.24) is 14.7 Å². The predicted octanol–water partition coefficient (Wildman–Crippen LogP) is 3.20. The van der Waals surface area contributed by atoms with Gasteiger partial charge in [0.25, 0.3) is 5.91 Å². The minimum atomic E-state index is -0.881. The molecule has 9 heteroatoms. The normalized spacial score (nSPS) is 17.9. The van der Waals surface area contributed by atoms with Crippen LogP contribution in [-0.2, 0) is 16.6 Å². The third-order valence-corrected chi connectivity index (χ3v) is 5.37. The molecule has 7 nitrogen and oxygen atoms in total. The quantitative estimate of drug-likeness (QED) is 0.569. The van der Waals surface area contributed by atoms with Crippen LogP contribution in [0.1, 0.15) is 16.9 Å². The third-order valence-electron chi connectivity index (χ3n) is 5.37. The van der Waals surface area contributed by atoms with E-state index >= 15 is 0 Å². The number of amides is 1. The van der Waals surface area contributed by atoms with Gasteiger partial charge < -0.3 is 14.4 Å². The lowest BCUT2D eigenvalue weighted by molar-refractivity contribution is -0.145. The van der Waals surface area contributed by atoms with E-state index in [1.165, 1.54) is 41.0 Å². The SMILES string of the molecule is COC(=O)C1CC(Oc2ccccc2F)CN1C(=O)c1cc(-c2ccc(F)cc2)nn1C. The maximum Gasteiger partial charge on any atom is 0.328 e. The van der Waals surface area contributed by atoms with Crippen LogP contribution in [0.3, 0.4) is 0 Å². The maximum absolute atomic E-state index is 14.0. The molecule has 166 valence electrons. The van der Waals surface area contributed by atoms with E-state index in [0.29, 0.717) is 11.3 Å². The molecule has 4 rings (SSSR count). The van der Waals surface area contributed by atoms with Gasteiger partial charge in [0, 0.05) is 19.0 Å². The van der Waals surface area contributed by atoms with E-state index in [1.54, 1.807) is 37.4 Å². The molecule has 32 heavy (non-hydrogen) atoms. The molecule has 0 N–H and O–H groups in total. The van der Waals surface area contributed by atoms with Gasteiger partial charge in [-0.15, -0.1) is 0 Å². The molecule has 2 aromatic carbocycles. The highest BCUT2D eigenvalue weighted by Crippen LogP contribution is 2.28.